The van der Waals surface area contributed by atoms with Gasteiger partial charge in [0.1, 0.15) is 0 Å². The largest absolute Gasteiger partial charge is 0.434 e. The lowest BCUT2D eigenvalue weighted by molar-refractivity contribution is -0.141. The second kappa shape index (κ2) is 4.40. The molecule has 1 aromatic rings. The summed E-state index contributed by atoms with van der Waals surface area (Å²) in [7, 11) is 0. The van der Waals surface area contributed by atoms with Gasteiger partial charge in [-0.25, -0.2) is 4.98 Å². The van der Waals surface area contributed by atoms with Crippen LogP contribution in [0.15, 0.2) is 6.20 Å². The fourth-order valence-electron chi connectivity index (χ4n) is 2.74. The van der Waals surface area contributed by atoms with Crippen LogP contribution >= 0.6 is 0 Å². The highest BCUT2D eigenvalue weighted by Gasteiger charge is 2.58. The maximum Gasteiger partial charge on any atom is 0.434 e. The molecule has 0 radical (unpaired) electrons. The highest BCUT2D eigenvalue weighted by Crippen LogP contribution is 2.53. The Labute approximate surface area is 119 Å². The molecule has 0 spiro atoms. The summed E-state index contributed by atoms with van der Waals surface area (Å²) in [6.45, 7) is 3.59. The maximum atomic E-state index is 12.6. The number of rotatable bonds is 2. The molecule has 0 aromatic carbocycles. The van der Waals surface area contributed by atoms with Crippen LogP contribution in [0.25, 0.3) is 0 Å². The van der Waals surface area contributed by atoms with Crippen LogP contribution in [-0.4, -0.2) is 28.0 Å². The van der Waals surface area contributed by atoms with Crippen molar-refractivity contribution in [2.75, 3.05) is 5.32 Å². The van der Waals surface area contributed by atoms with E-state index in [1.54, 1.807) is 0 Å². The average molecular weight is 300 g/mol. The third-order valence-corrected chi connectivity index (χ3v) is 4.23. The Morgan fingerprint density at radius 2 is 2.19 bits per heavy atom. The van der Waals surface area contributed by atoms with E-state index in [0.29, 0.717) is 18.7 Å². The van der Waals surface area contributed by atoms with E-state index < -0.39 is 11.9 Å². The molecule has 1 amide bonds. The predicted molar refractivity (Wildman–Crippen MR) is 68.5 cm³/mol. The summed E-state index contributed by atoms with van der Waals surface area (Å²) in [6, 6.07) is -0.0496. The van der Waals surface area contributed by atoms with Gasteiger partial charge in [-0.3, -0.25) is 9.78 Å². The lowest BCUT2D eigenvalue weighted by Gasteiger charge is -2.15. The molecule has 1 saturated carbocycles. The van der Waals surface area contributed by atoms with Gasteiger partial charge in [-0.2, -0.15) is 13.2 Å². The van der Waals surface area contributed by atoms with E-state index in [2.05, 4.69) is 27.5 Å². The number of carbonyl (C=O) groups excluding carboxylic acids is 1. The molecule has 2 heterocycles. The summed E-state index contributed by atoms with van der Waals surface area (Å²) < 4.78 is 37.9. The molecule has 5 nitrogen and oxygen atoms in total. The van der Waals surface area contributed by atoms with Crippen LogP contribution in [0.1, 0.15) is 31.2 Å². The highest BCUT2D eigenvalue weighted by molar-refractivity contribution is 5.95. The molecule has 3 unspecified atom stereocenters. The van der Waals surface area contributed by atoms with Crippen LogP contribution in [0.3, 0.4) is 0 Å². The fraction of sp³-hybridized carbons (Fsp3) is 0.615. The topological polar surface area (TPSA) is 66.9 Å². The summed E-state index contributed by atoms with van der Waals surface area (Å²) in [5, 5.41) is 5.62. The number of nitrogens with zero attached hydrogens (tertiary/aromatic N) is 2. The number of piperidine rings is 1. The van der Waals surface area contributed by atoms with Crippen molar-refractivity contribution < 1.29 is 18.0 Å². The molecule has 114 valence electrons. The summed E-state index contributed by atoms with van der Waals surface area (Å²) >= 11 is 0. The van der Waals surface area contributed by atoms with E-state index >= 15 is 0 Å². The minimum absolute atomic E-state index is 0.137. The fourth-order valence-corrected chi connectivity index (χ4v) is 2.74. The number of aromatic nitrogens is 2. The van der Waals surface area contributed by atoms with Crippen molar-refractivity contribution in [1.82, 2.24) is 15.3 Å². The molecule has 1 aliphatic carbocycles. The molecule has 0 bridgehead atoms. The van der Waals surface area contributed by atoms with Gasteiger partial charge in [-0.05, 0) is 25.2 Å². The van der Waals surface area contributed by atoms with E-state index in [0.717, 1.165) is 6.42 Å². The predicted octanol–water partition coefficient (Wildman–Crippen LogP) is 1.88. The smallest absolute Gasteiger partial charge is 0.308 e. The summed E-state index contributed by atoms with van der Waals surface area (Å²) in [5.74, 6) is -0.498. The number of alkyl halides is 3. The van der Waals surface area contributed by atoms with Crippen molar-refractivity contribution in [3.8, 4) is 0 Å². The maximum absolute atomic E-state index is 12.6. The number of hydrogen-bond donors (Lipinski definition) is 2. The van der Waals surface area contributed by atoms with E-state index in [4.69, 9.17) is 0 Å². The number of amides is 1. The van der Waals surface area contributed by atoms with Crippen LogP contribution in [0.2, 0.25) is 0 Å². The molecular formula is C13H15F3N4O. The first-order valence-electron chi connectivity index (χ1n) is 6.67. The van der Waals surface area contributed by atoms with Gasteiger partial charge < -0.3 is 10.6 Å². The second-order valence-electron chi connectivity index (χ2n) is 6.01. The zero-order valence-corrected chi connectivity index (χ0v) is 11.6. The Balaban J connectivity index is 1.74. The van der Waals surface area contributed by atoms with Crippen molar-refractivity contribution in [3.63, 3.8) is 0 Å². The second-order valence-corrected chi connectivity index (χ2v) is 6.01. The highest BCUT2D eigenvalue weighted by atomic mass is 19.4. The summed E-state index contributed by atoms with van der Waals surface area (Å²) in [5.41, 5.74) is -0.709. The number of hydrogen-bond acceptors (Lipinski definition) is 4. The SMILES string of the molecule is Cc1ncc(C(F)(F)F)nc1NC(=O)C1CC2(C)CC2N1. The normalized spacial score (nSPS) is 30.9. The molecule has 1 aromatic heterocycles. The van der Waals surface area contributed by atoms with Crippen LogP contribution in [0.4, 0.5) is 19.0 Å². The van der Waals surface area contributed by atoms with Crippen molar-refractivity contribution in [1.29, 1.82) is 0 Å². The number of fused-ring (bicyclic) bond motifs is 1. The van der Waals surface area contributed by atoms with Crippen molar-refractivity contribution >= 4 is 11.7 Å². The number of carbonyl (C=O) groups is 1. The van der Waals surface area contributed by atoms with Crippen LogP contribution in [0.5, 0.6) is 0 Å². The van der Waals surface area contributed by atoms with Gasteiger partial charge in [-0.15, -0.1) is 0 Å². The van der Waals surface area contributed by atoms with Gasteiger partial charge in [-0.1, -0.05) is 6.92 Å². The van der Waals surface area contributed by atoms with Crippen molar-refractivity contribution in [2.24, 2.45) is 5.41 Å². The van der Waals surface area contributed by atoms with Gasteiger partial charge in [0, 0.05) is 6.04 Å². The average Bonchev–Trinajstić information content (AvgIpc) is 2.88. The summed E-state index contributed by atoms with van der Waals surface area (Å²) in [6.07, 6.45) is -2.19. The summed E-state index contributed by atoms with van der Waals surface area (Å²) in [4.78, 5) is 19.2. The first-order valence-corrected chi connectivity index (χ1v) is 6.67. The van der Waals surface area contributed by atoms with Gasteiger partial charge >= 0.3 is 6.18 Å². The first-order chi connectivity index (χ1) is 9.69. The number of aryl methyl sites for hydroxylation is 1. The van der Waals surface area contributed by atoms with Gasteiger partial charge in [0.15, 0.2) is 11.5 Å². The number of anilines is 1. The Morgan fingerprint density at radius 1 is 1.48 bits per heavy atom. The van der Waals surface area contributed by atoms with E-state index in [-0.39, 0.29) is 28.9 Å². The Kier molecular flexibility index (Phi) is 2.98. The third kappa shape index (κ3) is 2.59. The van der Waals surface area contributed by atoms with Crippen LogP contribution in [0, 0.1) is 12.3 Å². The first kappa shape index (κ1) is 14.2. The van der Waals surface area contributed by atoms with Gasteiger partial charge in [0.2, 0.25) is 5.91 Å². The zero-order chi connectivity index (χ0) is 15.4. The molecule has 8 heteroatoms. The molecule has 2 fully saturated rings. The molecule has 2 aliphatic rings. The number of halogens is 3. The quantitative estimate of drug-likeness (QED) is 0.875. The van der Waals surface area contributed by atoms with Gasteiger partial charge in [0.25, 0.3) is 0 Å². The zero-order valence-electron chi connectivity index (χ0n) is 11.6. The monoisotopic (exact) mass is 300 g/mol. The Bertz CT molecular complexity index is 604. The molecule has 1 aliphatic heterocycles. The number of nitrogens with one attached hydrogen (secondary N) is 2. The molecular weight excluding hydrogens is 285 g/mol. The Morgan fingerprint density at radius 3 is 2.76 bits per heavy atom. The Hall–Kier alpha value is -1.70. The van der Waals surface area contributed by atoms with Crippen LogP contribution < -0.4 is 10.6 Å². The van der Waals surface area contributed by atoms with Crippen molar-refractivity contribution in [3.05, 3.63) is 17.6 Å². The molecule has 3 rings (SSSR count). The van der Waals surface area contributed by atoms with Crippen molar-refractivity contribution in [2.45, 2.75) is 44.9 Å². The minimum Gasteiger partial charge on any atom is -0.308 e. The molecule has 3 atom stereocenters. The van der Waals surface area contributed by atoms with Gasteiger partial charge in [0.05, 0.1) is 17.9 Å². The molecule has 2 N–H and O–H groups in total. The standard InChI is InChI=1S/C13H15F3N4O/c1-6-10(19-9(5-17-6)13(14,15)16)20-11(21)7-3-12(2)4-8(12)18-7/h5,7-8,18H,3-4H2,1-2H3,(H,19,20,21). The lowest BCUT2D eigenvalue weighted by Crippen LogP contribution is -2.38. The van der Waals surface area contributed by atoms with Crippen LogP contribution in [-0.2, 0) is 11.0 Å². The molecule has 1 saturated heterocycles. The molecule has 21 heavy (non-hydrogen) atoms. The lowest BCUT2D eigenvalue weighted by atomic mass is 10.0. The third-order valence-electron chi connectivity index (χ3n) is 4.23. The minimum atomic E-state index is -4.58. The van der Waals surface area contributed by atoms with E-state index in [1.165, 1.54) is 6.92 Å². The van der Waals surface area contributed by atoms with E-state index in [1.807, 2.05) is 0 Å². The van der Waals surface area contributed by atoms with E-state index in [9.17, 15) is 18.0 Å².